The van der Waals surface area contributed by atoms with Gasteiger partial charge in [0.15, 0.2) is 5.96 Å². The Labute approximate surface area is 116 Å². The molecule has 0 saturated heterocycles. The highest BCUT2D eigenvalue weighted by Gasteiger charge is 2.01. The molecule has 0 atom stereocenters. The van der Waals surface area contributed by atoms with Crippen molar-refractivity contribution >= 4 is 29.9 Å². The summed E-state index contributed by atoms with van der Waals surface area (Å²) in [7, 11) is 2.09. The number of hydrogen-bond acceptors (Lipinski definition) is 2. The summed E-state index contributed by atoms with van der Waals surface area (Å²) in [6, 6.07) is 0.556. The lowest BCUT2D eigenvalue weighted by Crippen LogP contribution is -2.39. The van der Waals surface area contributed by atoms with Crippen LogP contribution in [-0.4, -0.2) is 43.6 Å². The molecule has 0 saturated carbocycles. The van der Waals surface area contributed by atoms with E-state index in [4.69, 9.17) is 5.73 Å². The third-order valence-electron chi connectivity index (χ3n) is 2.17. The number of guanidine groups is 1. The maximum atomic E-state index is 5.66. The van der Waals surface area contributed by atoms with E-state index in [-0.39, 0.29) is 24.0 Å². The fraction of sp³-hybridized carbons (Fsp3) is 0.727. The maximum absolute atomic E-state index is 5.66. The molecule has 0 heterocycles. The van der Waals surface area contributed by atoms with E-state index in [1.54, 1.807) is 0 Å². The summed E-state index contributed by atoms with van der Waals surface area (Å²) in [4.78, 5) is 6.38. The first-order chi connectivity index (χ1) is 6.93. The number of halogens is 1. The van der Waals surface area contributed by atoms with Gasteiger partial charge < -0.3 is 16.0 Å². The second-order valence-corrected chi connectivity index (χ2v) is 4.16. The molecular weight excluding hydrogens is 315 g/mol. The summed E-state index contributed by atoms with van der Waals surface area (Å²) in [5, 5.41) is 3.07. The minimum Gasteiger partial charge on any atom is -0.370 e. The molecule has 0 aromatic carbocycles. The first-order valence-corrected chi connectivity index (χ1v) is 5.32. The predicted octanol–water partition coefficient (Wildman–Crippen LogP) is 1.43. The highest BCUT2D eigenvalue weighted by atomic mass is 127. The molecule has 0 aliphatic rings. The van der Waals surface area contributed by atoms with E-state index in [1.807, 2.05) is 6.92 Å². The SMILES string of the molecule is C=C(C)CN=C(N)NCCN(C)C(C)C.I. The molecule has 0 spiro atoms. The molecule has 0 fully saturated rings. The molecule has 0 unspecified atom stereocenters. The minimum absolute atomic E-state index is 0. The Hall–Kier alpha value is -0.300. The highest BCUT2D eigenvalue weighted by Crippen LogP contribution is 1.90. The minimum atomic E-state index is 0. The second kappa shape index (κ2) is 9.89. The zero-order chi connectivity index (χ0) is 11.8. The summed E-state index contributed by atoms with van der Waals surface area (Å²) >= 11 is 0. The molecule has 16 heavy (non-hydrogen) atoms. The number of rotatable bonds is 6. The lowest BCUT2D eigenvalue weighted by Gasteiger charge is -2.20. The molecule has 96 valence electrons. The molecule has 0 aliphatic carbocycles. The third-order valence-corrected chi connectivity index (χ3v) is 2.17. The monoisotopic (exact) mass is 340 g/mol. The molecule has 0 radical (unpaired) electrons. The van der Waals surface area contributed by atoms with Crippen LogP contribution >= 0.6 is 24.0 Å². The van der Waals surface area contributed by atoms with Crippen LogP contribution in [-0.2, 0) is 0 Å². The van der Waals surface area contributed by atoms with Gasteiger partial charge in [0, 0.05) is 19.1 Å². The molecule has 0 aromatic rings. The number of nitrogens with one attached hydrogen (secondary N) is 1. The van der Waals surface area contributed by atoms with Gasteiger partial charge in [0.2, 0.25) is 0 Å². The normalized spacial score (nSPS) is 11.5. The zero-order valence-corrected chi connectivity index (χ0v) is 13.1. The van der Waals surface area contributed by atoms with Gasteiger partial charge in [0.05, 0.1) is 6.54 Å². The average Bonchev–Trinajstić information content (AvgIpc) is 2.14. The smallest absolute Gasteiger partial charge is 0.188 e. The summed E-state index contributed by atoms with van der Waals surface area (Å²) in [5.41, 5.74) is 6.68. The average molecular weight is 340 g/mol. The Bertz CT molecular complexity index is 226. The molecule has 0 amide bonds. The molecule has 5 heteroatoms. The molecule has 3 N–H and O–H groups in total. The first-order valence-electron chi connectivity index (χ1n) is 5.32. The fourth-order valence-corrected chi connectivity index (χ4v) is 0.895. The van der Waals surface area contributed by atoms with Crippen LogP contribution in [0.3, 0.4) is 0 Å². The van der Waals surface area contributed by atoms with E-state index >= 15 is 0 Å². The molecule has 0 rings (SSSR count). The van der Waals surface area contributed by atoms with Gasteiger partial charge in [-0.15, -0.1) is 24.0 Å². The van der Waals surface area contributed by atoms with Crippen molar-refractivity contribution in [2.24, 2.45) is 10.7 Å². The van der Waals surface area contributed by atoms with E-state index < -0.39 is 0 Å². The van der Waals surface area contributed by atoms with Crippen molar-refractivity contribution in [1.82, 2.24) is 10.2 Å². The predicted molar refractivity (Wildman–Crippen MR) is 82.5 cm³/mol. The number of likely N-dealkylation sites (N-methyl/N-ethyl adjacent to an activating group) is 1. The van der Waals surface area contributed by atoms with E-state index in [9.17, 15) is 0 Å². The molecule has 4 nitrogen and oxygen atoms in total. The Morgan fingerprint density at radius 1 is 1.50 bits per heavy atom. The largest absolute Gasteiger partial charge is 0.370 e. The Balaban J connectivity index is 0. The molecule has 0 aliphatic heterocycles. The van der Waals surface area contributed by atoms with Gasteiger partial charge in [-0.05, 0) is 27.8 Å². The summed E-state index contributed by atoms with van der Waals surface area (Å²) in [5.74, 6) is 0.496. The number of hydrogen-bond donors (Lipinski definition) is 2. The van der Waals surface area contributed by atoms with E-state index in [2.05, 4.69) is 42.7 Å². The Morgan fingerprint density at radius 3 is 2.50 bits per heavy atom. The van der Waals surface area contributed by atoms with Crippen molar-refractivity contribution in [3.8, 4) is 0 Å². The van der Waals surface area contributed by atoms with E-state index in [0.29, 0.717) is 18.5 Å². The van der Waals surface area contributed by atoms with Gasteiger partial charge in [-0.2, -0.15) is 0 Å². The van der Waals surface area contributed by atoms with Gasteiger partial charge >= 0.3 is 0 Å². The number of nitrogens with zero attached hydrogens (tertiary/aromatic N) is 2. The Morgan fingerprint density at radius 2 is 2.06 bits per heavy atom. The van der Waals surface area contributed by atoms with Crippen LogP contribution in [0.15, 0.2) is 17.1 Å². The molecule has 0 bridgehead atoms. The van der Waals surface area contributed by atoms with E-state index in [1.165, 1.54) is 0 Å². The first kappa shape index (κ1) is 18.1. The van der Waals surface area contributed by atoms with Crippen LogP contribution in [0.5, 0.6) is 0 Å². The lowest BCUT2D eigenvalue weighted by atomic mass is 10.3. The van der Waals surface area contributed by atoms with Crippen molar-refractivity contribution in [3.63, 3.8) is 0 Å². The zero-order valence-electron chi connectivity index (χ0n) is 10.8. The number of aliphatic imine (C=N–C) groups is 1. The second-order valence-electron chi connectivity index (χ2n) is 4.16. The molecule has 0 aromatic heterocycles. The van der Waals surface area contributed by atoms with Gasteiger partial charge in [-0.3, -0.25) is 0 Å². The summed E-state index contributed by atoms with van der Waals surface area (Å²) in [6.45, 7) is 12.4. The lowest BCUT2D eigenvalue weighted by molar-refractivity contribution is 0.278. The fourth-order valence-electron chi connectivity index (χ4n) is 0.895. The van der Waals surface area contributed by atoms with Crippen LogP contribution in [0.25, 0.3) is 0 Å². The highest BCUT2D eigenvalue weighted by molar-refractivity contribution is 14.0. The van der Waals surface area contributed by atoms with Crippen molar-refractivity contribution < 1.29 is 0 Å². The topological polar surface area (TPSA) is 53.6 Å². The summed E-state index contributed by atoms with van der Waals surface area (Å²) in [6.07, 6.45) is 0. The van der Waals surface area contributed by atoms with Crippen LogP contribution in [0.4, 0.5) is 0 Å². The van der Waals surface area contributed by atoms with Gasteiger partial charge in [-0.1, -0.05) is 12.2 Å². The third kappa shape index (κ3) is 10.2. The van der Waals surface area contributed by atoms with Crippen LogP contribution in [0.1, 0.15) is 20.8 Å². The van der Waals surface area contributed by atoms with Crippen LogP contribution in [0, 0.1) is 0 Å². The quantitative estimate of drug-likeness (QED) is 0.333. The van der Waals surface area contributed by atoms with Gasteiger partial charge in [0.25, 0.3) is 0 Å². The van der Waals surface area contributed by atoms with Gasteiger partial charge in [-0.25, -0.2) is 4.99 Å². The summed E-state index contributed by atoms with van der Waals surface area (Å²) < 4.78 is 0. The standard InChI is InChI=1S/C11H24N4.HI/c1-9(2)8-14-11(12)13-6-7-15(5)10(3)4;/h10H,1,6-8H2,2-5H3,(H3,12,13,14);1H. The van der Waals surface area contributed by atoms with Crippen molar-refractivity contribution in [2.45, 2.75) is 26.8 Å². The van der Waals surface area contributed by atoms with Crippen molar-refractivity contribution in [3.05, 3.63) is 12.2 Å². The number of nitrogens with two attached hydrogens (primary N) is 1. The van der Waals surface area contributed by atoms with Crippen molar-refractivity contribution in [1.29, 1.82) is 0 Å². The van der Waals surface area contributed by atoms with Crippen LogP contribution in [0.2, 0.25) is 0 Å². The van der Waals surface area contributed by atoms with Crippen LogP contribution < -0.4 is 11.1 Å². The maximum Gasteiger partial charge on any atom is 0.188 e. The van der Waals surface area contributed by atoms with Crippen molar-refractivity contribution in [2.75, 3.05) is 26.7 Å². The Kier molecular flexibility index (Phi) is 11.2. The molecular formula is C11H25IN4. The van der Waals surface area contributed by atoms with Gasteiger partial charge in [0.1, 0.15) is 0 Å². The van der Waals surface area contributed by atoms with E-state index in [0.717, 1.165) is 18.7 Å².